The molecule has 13 nitrogen and oxygen atoms in total. The van der Waals surface area contributed by atoms with Crippen LogP contribution in [0.1, 0.15) is 31.8 Å². The molecule has 0 bridgehead atoms. The normalized spacial score (nSPS) is 10.5. The van der Waals surface area contributed by atoms with Gasteiger partial charge in [-0.15, -0.1) is 0 Å². The van der Waals surface area contributed by atoms with Gasteiger partial charge in [-0.1, -0.05) is 35.3 Å². The van der Waals surface area contributed by atoms with E-state index < -0.39 is 11.9 Å². The summed E-state index contributed by atoms with van der Waals surface area (Å²) in [5.41, 5.74) is 1.04. The van der Waals surface area contributed by atoms with Gasteiger partial charge in [-0.3, -0.25) is 0 Å². The van der Waals surface area contributed by atoms with Crippen LogP contribution in [0.4, 0.5) is 11.6 Å². The van der Waals surface area contributed by atoms with Crippen LogP contribution in [0.25, 0.3) is 0 Å². The Kier molecular flexibility index (Phi) is 9.22. The van der Waals surface area contributed by atoms with Crippen molar-refractivity contribution in [3.63, 3.8) is 0 Å². The molecule has 2 heterocycles. The highest BCUT2D eigenvalue weighted by Gasteiger charge is 2.18. The standard InChI is InChI=1S/C26H22Cl2N6O7/c1-39-19-5-3-13(7-17(19)27)9-29-21-15(23(35)36)11-31-25(33-21)41-26-32-12-16(24(37)38)22(34-26)30-10-14-4-6-20(40-2)18(28)8-14/h3-8,11-12H,9-10H2,1-2H3,(H,35,36)(H,37,38)(H,29,31,33)(H,30,32,34). The number of methoxy groups -OCH3 is 2. The van der Waals surface area contributed by atoms with E-state index in [1.807, 2.05) is 0 Å². The minimum atomic E-state index is -1.26. The second kappa shape index (κ2) is 13.0. The van der Waals surface area contributed by atoms with Crippen molar-refractivity contribution in [2.45, 2.75) is 13.1 Å². The van der Waals surface area contributed by atoms with Crippen LogP contribution in [0.2, 0.25) is 10.0 Å². The van der Waals surface area contributed by atoms with Crippen LogP contribution < -0.4 is 24.8 Å². The molecule has 212 valence electrons. The Morgan fingerprint density at radius 3 is 1.51 bits per heavy atom. The number of nitrogens with zero attached hydrogens (tertiary/aromatic N) is 4. The minimum absolute atomic E-state index is 0.0358. The van der Waals surface area contributed by atoms with E-state index in [1.54, 1.807) is 36.4 Å². The third kappa shape index (κ3) is 7.21. The van der Waals surface area contributed by atoms with Gasteiger partial charge in [0.15, 0.2) is 0 Å². The van der Waals surface area contributed by atoms with Crippen molar-refractivity contribution in [3.05, 3.63) is 81.1 Å². The first kappa shape index (κ1) is 29.1. The summed E-state index contributed by atoms with van der Waals surface area (Å²) in [4.78, 5) is 39.6. The Labute approximate surface area is 243 Å². The number of carbonyl (C=O) groups is 2. The Balaban J connectivity index is 1.54. The average Bonchev–Trinajstić information content (AvgIpc) is 2.95. The molecule has 0 fully saturated rings. The van der Waals surface area contributed by atoms with Gasteiger partial charge >= 0.3 is 24.0 Å². The Morgan fingerprint density at radius 2 is 1.17 bits per heavy atom. The van der Waals surface area contributed by atoms with E-state index in [2.05, 4.69) is 30.6 Å². The summed E-state index contributed by atoms with van der Waals surface area (Å²) in [7, 11) is 2.99. The summed E-state index contributed by atoms with van der Waals surface area (Å²) in [6.45, 7) is 0.349. The number of aromatic nitrogens is 4. The number of carboxylic acid groups (broad SMARTS) is 2. The van der Waals surface area contributed by atoms with Crippen molar-refractivity contribution in [2.75, 3.05) is 24.9 Å². The Hall–Kier alpha value is -4.88. The lowest BCUT2D eigenvalue weighted by molar-refractivity contribution is 0.0686. The molecule has 2 aromatic heterocycles. The number of rotatable bonds is 12. The summed E-state index contributed by atoms with van der Waals surface area (Å²) in [6, 6.07) is 9.64. The maximum Gasteiger partial charge on any atom is 0.341 e. The van der Waals surface area contributed by atoms with Crippen LogP contribution in [0.3, 0.4) is 0 Å². The number of nitrogens with one attached hydrogen (secondary N) is 2. The summed E-state index contributed by atoms with van der Waals surface area (Å²) in [6.07, 6.45) is 2.12. The molecule has 0 saturated carbocycles. The Morgan fingerprint density at radius 1 is 0.756 bits per heavy atom. The fourth-order valence-corrected chi connectivity index (χ4v) is 4.07. The summed E-state index contributed by atoms with van der Waals surface area (Å²) < 4.78 is 15.8. The fraction of sp³-hybridized carbons (Fsp3) is 0.154. The number of carboxylic acids is 2. The van der Waals surface area contributed by atoms with Crippen molar-refractivity contribution in [1.82, 2.24) is 19.9 Å². The van der Waals surface area contributed by atoms with E-state index in [1.165, 1.54) is 14.2 Å². The highest BCUT2D eigenvalue weighted by Crippen LogP contribution is 2.27. The van der Waals surface area contributed by atoms with Gasteiger partial charge in [-0.2, -0.15) is 9.97 Å². The van der Waals surface area contributed by atoms with Crippen LogP contribution in [-0.2, 0) is 13.1 Å². The van der Waals surface area contributed by atoms with Gasteiger partial charge in [0.2, 0.25) is 0 Å². The highest BCUT2D eigenvalue weighted by atomic mass is 35.5. The highest BCUT2D eigenvalue weighted by molar-refractivity contribution is 6.32. The van der Waals surface area contributed by atoms with E-state index >= 15 is 0 Å². The van der Waals surface area contributed by atoms with Crippen molar-refractivity contribution in [1.29, 1.82) is 0 Å². The van der Waals surface area contributed by atoms with Crippen LogP contribution >= 0.6 is 23.2 Å². The molecule has 41 heavy (non-hydrogen) atoms. The Bertz CT molecular complexity index is 1490. The van der Waals surface area contributed by atoms with Gasteiger partial charge in [-0.25, -0.2) is 19.6 Å². The summed E-state index contributed by atoms with van der Waals surface area (Å²) in [5, 5.41) is 25.8. The van der Waals surface area contributed by atoms with Crippen molar-refractivity contribution in [3.8, 4) is 23.5 Å². The molecule has 0 amide bonds. The second-order valence-corrected chi connectivity index (χ2v) is 9.00. The van der Waals surface area contributed by atoms with E-state index in [4.69, 9.17) is 37.4 Å². The third-order valence-electron chi connectivity index (χ3n) is 5.53. The third-order valence-corrected chi connectivity index (χ3v) is 6.12. The SMILES string of the molecule is COc1ccc(CNc2nc(Oc3ncc(C(=O)O)c(NCc4ccc(OC)c(Cl)c4)n3)ncc2C(=O)O)cc1Cl. The molecule has 0 spiro atoms. The molecule has 0 unspecified atom stereocenters. The van der Waals surface area contributed by atoms with Gasteiger partial charge in [0.25, 0.3) is 0 Å². The maximum absolute atomic E-state index is 11.7. The predicted molar refractivity (Wildman–Crippen MR) is 149 cm³/mol. The quantitative estimate of drug-likeness (QED) is 0.171. The molecular weight excluding hydrogens is 579 g/mol. The number of hydrogen-bond acceptors (Lipinski definition) is 11. The number of aromatic carboxylic acids is 2. The van der Waals surface area contributed by atoms with E-state index in [0.29, 0.717) is 21.5 Å². The van der Waals surface area contributed by atoms with E-state index in [9.17, 15) is 19.8 Å². The predicted octanol–water partition coefficient (Wildman–Crippen LogP) is 5.00. The molecule has 0 aliphatic heterocycles. The smallest absolute Gasteiger partial charge is 0.341 e. The largest absolute Gasteiger partial charge is 0.495 e. The van der Waals surface area contributed by atoms with Gasteiger partial charge in [0.1, 0.15) is 34.3 Å². The molecule has 4 rings (SSSR count). The minimum Gasteiger partial charge on any atom is -0.495 e. The van der Waals surface area contributed by atoms with Crippen LogP contribution in [-0.4, -0.2) is 56.3 Å². The first-order valence-corrected chi connectivity index (χ1v) is 12.4. The number of benzene rings is 2. The zero-order valence-corrected chi connectivity index (χ0v) is 23.0. The van der Waals surface area contributed by atoms with Crippen LogP contribution in [0.5, 0.6) is 23.5 Å². The van der Waals surface area contributed by atoms with Crippen molar-refractivity contribution >= 4 is 46.8 Å². The lowest BCUT2D eigenvalue weighted by atomic mass is 10.2. The van der Waals surface area contributed by atoms with E-state index in [0.717, 1.165) is 23.5 Å². The first-order chi connectivity index (χ1) is 19.7. The van der Waals surface area contributed by atoms with Crippen molar-refractivity contribution < 1.29 is 34.0 Å². The summed E-state index contributed by atoms with van der Waals surface area (Å²) in [5.74, 6) is -1.61. The summed E-state index contributed by atoms with van der Waals surface area (Å²) >= 11 is 12.3. The first-order valence-electron chi connectivity index (χ1n) is 11.7. The van der Waals surface area contributed by atoms with E-state index in [-0.39, 0.29) is 47.9 Å². The molecule has 4 N–H and O–H groups in total. The number of ether oxygens (including phenoxy) is 3. The molecule has 0 atom stereocenters. The van der Waals surface area contributed by atoms with Crippen molar-refractivity contribution in [2.24, 2.45) is 0 Å². The van der Waals surface area contributed by atoms with Crippen LogP contribution in [0, 0.1) is 0 Å². The number of halogens is 2. The zero-order valence-electron chi connectivity index (χ0n) is 21.5. The second-order valence-electron chi connectivity index (χ2n) is 8.19. The lowest BCUT2D eigenvalue weighted by Crippen LogP contribution is -2.12. The lowest BCUT2D eigenvalue weighted by Gasteiger charge is -2.12. The van der Waals surface area contributed by atoms with Gasteiger partial charge in [0, 0.05) is 13.1 Å². The molecule has 0 aliphatic carbocycles. The zero-order chi connectivity index (χ0) is 29.5. The number of anilines is 2. The molecule has 0 radical (unpaired) electrons. The molecule has 0 aliphatic rings. The van der Waals surface area contributed by atoms with Gasteiger partial charge in [0.05, 0.1) is 36.7 Å². The molecule has 15 heteroatoms. The van der Waals surface area contributed by atoms with Crippen LogP contribution in [0.15, 0.2) is 48.8 Å². The van der Waals surface area contributed by atoms with Gasteiger partial charge < -0.3 is 35.1 Å². The molecule has 0 saturated heterocycles. The molecule has 4 aromatic rings. The number of hydrogen-bond donors (Lipinski definition) is 4. The maximum atomic E-state index is 11.7. The molecular formula is C26H22Cl2N6O7. The average molecular weight is 601 g/mol. The monoisotopic (exact) mass is 600 g/mol. The molecule has 2 aromatic carbocycles. The fourth-order valence-electron chi connectivity index (χ4n) is 3.51. The van der Waals surface area contributed by atoms with Gasteiger partial charge in [-0.05, 0) is 35.4 Å². The topological polar surface area (TPSA) is 178 Å².